The summed E-state index contributed by atoms with van der Waals surface area (Å²) in [5, 5.41) is 16.1. The van der Waals surface area contributed by atoms with Crippen LogP contribution in [0.3, 0.4) is 0 Å². The van der Waals surface area contributed by atoms with Gasteiger partial charge in [0.15, 0.2) is 0 Å². The van der Waals surface area contributed by atoms with Gasteiger partial charge in [0, 0.05) is 18.8 Å². The van der Waals surface area contributed by atoms with E-state index in [2.05, 4.69) is 10.2 Å². The number of nitriles is 1. The highest BCUT2D eigenvalue weighted by atomic mass is 16.4. The minimum atomic E-state index is 0.451. The topological polar surface area (TPSA) is 62.7 Å². The molecule has 1 aromatic heterocycles. The normalized spacial score (nSPS) is 15.9. The lowest BCUT2D eigenvalue weighted by Gasteiger charge is -1.85. The molecule has 0 aliphatic heterocycles. The molecular weight excluding hydrogens is 154 g/mol. The minimum absolute atomic E-state index is 0.451. The Labute approximate surface area is 70.2 Å². The summed E-state index contributed by atoms with van der Waals surface area (Å²) in [5.41, 5.74) is 0. The van der Waals surface area contributed by atoms with Crippen LogP contribution in [-0.2, 0) is 6.42 Å². The Morgan fingerprint density at radius 3 is 3.00 bits per heavy atom. The standard InChI is InChI=1S/C8H9N3O/c9-5-1-2-7-10-11-8(12-7)6-3-4-6/h6H,1-4H2. The van der Waals surface area contributed by atoms with Crippen LogP contribution < -0.4 is 0 Å². The Balaban J connectivity index is 1.99. The van der Waals surface area contributed by atoms with Gasteiger partial charge >= 0.3 is 0 Å². The van der Waals surface area contributed by atoms with Gasteiger partial charge in [0.05, 0.1) is 6.07 Å². The Kier molecular flexibility index (Phi) is 1.78. The van der Waals surface area contributed by atoms with E-state index >= 15 is 0 Å². The lowest BCUT2D eigenvalue weighted by atomic mass is 10.3. The number of rotatable bonds is 3. The first kappa shape index (κ1) is 7.29. The van der Waals surface area contributed by atoms with Crippen LogP contribution in [-0.4, -0.2) is 10.2 Å². The van der Waals surface area contributed by atoms with Gasteiger partial charge < -0.3 is 4.42 Å². The Bertz CT molecular complexity index is 308. The quantitative estimate of drug-likeness (QED) is 0.675. The molecular formula is C8H9N3O. The molecule has 0 radical (unpaired) electrons. The Hall–Kier alpha value is -1.37. The van der Waals surface area contributed by atoms with E-state index in [4.69, 9.17) is 9.68 Å². The van der Waals surface area contributed by atoms with Gasteiger partial charge in [-0.1, -0.05) is 0 Å². The zero-order valence-electron chi connectivity index (χ0n) is 6.66. The average Bonchev–Trinajstić information content (AvgIpc) is 2.83. The third-order valence-electron chi connectivity index (χ3n) is 1.86. The van der Waals surface area contributed by atoms with Crippen molar-refractivity contribution < 1.29 is 4.42 Å². The van der Waals surface area contributed by atoms with Crippen molar-refractivity contribution in [3.8, 4) is 6.07 Å². The molecule has 1 fully saturated rings. The van der Waals surface area contributed by atoms with Crippen LogP contribution in [0.25, 0.3) is 0 Å². The van der Waals surface area contributed by atoms with Crippen molar-refractivity contribution in [3.63, 3.8) is 0 Å². The summed E-state index contributed by atoms with van der Waals surface area (Å²) in [4.78, 5) is 0. The number of hydrogen-bond acceptors (Lipinski definition) is 4. The molecule has 0 atom stereocenters. The van der Waals surface area contributed by atoms with E-state index in [1.54, 1.807) is 0 Å². The minimum Gasteiger partial charge on any atom is -0.425 e. The van der Waals surface area contributed by atoms with Gasteiger partial charge in [0.25, 0.3) is 0 Å². The highest BCUT2D eigenvalue weighted by Gasteiger charge is 2.29. The van der Waals surface area contributed by atoms with E-state index < -0.39 is 0 Å². The molecule has 1 aliphatic carbocycles. The molecule has 12 heavy (non-hydrogen) atoms. The summed E-state index contributed by atoms with van der Waals surface area (Å²) in [5.74, 6) is 1.86. The maximum atomic E-state index is 8.32. The fourth-order valence-electron chi connectivity index (χ4n) is 1.03. The van der Waals surface area contributed by atoms with Crippen molar-refractivity contribution in [1.29, 1.82) is 5.26 Å². The second kappa shape index (κ2) is 2.94. The summed E-state index contributed by atoms with van der Waals surface area (Å²) >= 11 is 0. The van der Waals surface area contributed by atoms with Crippen molar-refractivity contribution >= 4 is 0 Å². The highest BCUT2D eigenvalue weighted by Crippen LogP contribution is 2.38. The van der Waals surface area contributed by atoms with Gasteiger partial charge in [0.2, 0.25) is 11.8 Å². The van der Waals surface area contributed by atoms with E-state index in [0.29, 0.717) is 24.7 Å². The van der Waals surface area contributed by atoms with Crippen molar-refractivity contribution in [1.82, 2.24) is 10.2 Å². The number of hydrogen-bond donors (Lipinski definition) is 0. The molecule has 0 saturated heterocycles. The van der Waals surface area contributed by atoms with Crippen LogP contribution in [0.1, 0.15) is 37.0 Å². The van der Waals surface area contributed by atoms with E-state index in [1.807, 2.05) is 6.07 Å². The molecule has 0 aromatic carbocycles. The molecule has 1 aromatic rings. The SMILES string of the molecule is N#CCCc1nnc(C2CC2)o1. The van der Waals surface area contributed by atoms with Crippen molar-refractivity contribution in [2.45, 2.75) is 31.6 Å². The molecule has 0 bridgehead atoms. The lowest BCUT2D eigenvalue weighted by Crippen LogP contribution is -1.82. The largest absolute Gasteiger partial charge is 0.425 e. The summed E-state index contributed by atoms with van der Waals surface area (Å²) in [6.07, 6.45) is 3.36. The van der Waals surface area contributed by atoms with Crippen molar-refractivity contribution in [3.05, 3.63) is 11.8 Å². The number of aryl methyl sites for hydroxylation is 1. The number of nitrogens with zero attached hydrogens (tertiary/aromatic N) is 3. The fourth-order valence-corrected chi connectivity index (χ4v) is 1.03. The molecule has 2 rings (SSSR count). The van der Waals surface area contributed by atoms with Crippen molar-refractivity contribution in [2.24, 2.45) is 0 Å². The first-order valence-electron chi connectivity index (χ1n) is 4.09. The average molecular weight is 163 g/mol. The number of aromatic nitrogens is 2. The highest BCUT2D eigenvalue weighted by molar-refractivity contribution is 5.00. The van der Waals surface area contributed by atoms with Crippen molar-refractivity contribution in [2.75, 3.05) is 0 Å². The molecule has 4 nitrogen and oxygen atoms in total. The molecule has 0 N–H and O–H groups in total. The first-order chi connectivity index (χ1) is 5.90. The molecule has 0 unspecified atom stereocenters. The molecule has 62 valence electrons. The van der Waals surface area contributed by atoms with Gasteiger partial charge in [-0.15, -0.1) is 10.2 Å². The molecule has 1 aliphatic rings. The molecule has 0 spiro atoms. The monoisotopic (exact) mass is 163 g/mol. The van der Waals surface area contributed by atoms with Crippen LogP contribution in [0.15, 0.2) is 4.42 Å². The van der Waals surface area contributed by atoms with Crippen LogP contribution in [0.4, 0.5) is 0 Å². The van der Waals surface area contributed by atoms with E-state index in [9.17, 15) is 0 Å². The first-order valence-corrected chi connectivity index (χ1v) is 4.09. The zero-order valence-corrected chi connectivity index (χ0v) is 6.66. The van der Waals surface area contributed by atoms with Crippen LogP contribution in [0.2, 0.25) is 0 Å². The zero-order chi connectivity index (χ0) is 8.39. The van der Waals surface area contributed by atoms with Crippen LogP contribution in [0, 0.1) is 11.3 Å². The third kappa shape index (κ3) is 1.45. The van der Waals surface area contributed by atoms with Gasteiger partial charge in [-0.3, -0.25) is 0 Å². The fraction of sp³-hybridized carbons (Fsp3) is 0.625. The Morgan fingerprint density at radius 2 is 2.33 bits per heavy atom. The molecule has 0 amide bonds. The van der Waals surface area contributed by atoms with Crippen LogP contribution in [0.5, 0.6) is 0 Å². The van der Waals surface area contributed by atoms with Crippen LogP contribution >= 0.6 is 0 Å². The summed E-state index contributed by atoms with van der Waals surface area (Å²) in [7, 11) is 0. The molecule has 1 saturated carbocycles. The van der Waals surface area contributed by atoms with Gasteiger partial charge in [-0.2, -0.15) is 5.26 Å². The van der Waals surface area contributed by atoms with Gasteiger partial charge in [-0.25, -0.2) is 0 Å². The lowest BCUT2D eigenvalue weighted by molar-refractivity contribution is 0.451. The smallest absolute Gasteiger partial charge is 0.219 e. The molecule has 4 heteroatoms. The van der Waals surface area contributed by atoms with Gasteiger partial charge in [0.1, 0.15) is 0 Å². The summed E-state index contributed by atoms with van der Waals surface area (Å²) < 4.78 is 5.34. The Morgan fingerprint density at radius 1 is 1.50 bits per heavy atom. The van der Waals surface area contributed by atoms with Gasteiger partial charge in [-0.05, 0) is 12.8 Å². The van der Waals surface area contributed by atoms with E-state index in [1.165, 1.54) is 12.8 Å². The van der Waals surface area contributed by atoms with E-state index in [-0.39, 0.29) is 0 Å². The second-order valence-corrected chi connectivity index (χ2v) is 2.97. The predicted octanol–water partition coefficient (Wildman–Crippen LogP) is 1.40. The summed E-state index contributed by atoms with van der Waals surface area (Å²) in [6, 6.07) is 2.04. The predicted molar refractivity (Wildman–Crippen MR) is 40.2 cm³/mol. The second-order valence-electron chi connectivity index (χ2n) is 2.97. The third-order valence-corrected chi connectivity index (χ3v) is 1.86. The maximum absolute atomic E-state index is 8.32. The maximum Gasteiger partial charge on any atom is 0.219 e. The molecule has 1 heterocycles. The van der Waals surface area contributed by atoms with E-state index in [0.717, 1.165) is 5.89 Å². The summed E-state index contributed by atoms with van der Waals surface area (Å²) in [6.45, 7) is 0.